The molecule has 2 aliphatic heterocycles. The van der Waals surface area contributed by atoms with Crippen molar-refractivity contribution in [3.8, 4) is 0 Å². The molecule has 2 fully saturated rings. The first-order valence-corrected chi connectivity index (χ1v) is 7.75. The van der Waals surface area contributed by atoms with Crippen LogP contribution in [0.5, 0.6) is 0 Å². The smallest absolute Gasteiger partial charge is 0.197 e. The molecule has 1 aromatic carbocycles. The Morgan fingerprint density at radius 3 is 2.59 bits per heavy atom. The molecule has 0 amide bonds. The molecule has 0 radical (unpaired) electrons. The molecule has 2 saturated heterocycles. The third kappa shape index (κ3) is 3.04. The molecule has 2 heterocycles. The number of rotatable bonds is 5. The van der Waals surface area contributed by atoms with Gasteiger partial charge in [-0.15, -0.1) is 0 Å². The van der Waals surface area contributed by atoms with Gasteiger partial charge in [-0.1, -0.05) is 44.2 Å². The molecule has 5 heteroatoms. The van der Waals surface area contributed by atoms with E-state index in [1.54, 1.807) is 6.92 Å². The second kappa shape index (κ2) is 6.24. The van der Waals surface area contributed by atoms with Crippen LogP contribution in [0.3, 0.4) is 0 Å². The maximum Gasteiger partial charge on any atom is 0.197 e. The van der Waals surface area contributed by atoms with E-state index in [2.05, 4.69) is 13.8 Å². The monoisotopic (exact) mass is 310 g/mol. The third-order valence-corrected chi connectivity index (χ3v) is 4.14. The van der Waals surface area contributed by atoms with Crippen molar-refractivity contribution in [3.63, 3.8) is 0 Å². The van der Waals surface area contributed by atoms with E-state index in [1.807, 2.05) is 30.3 Å². The minimum Gasteiger partial charge on any atom is -0.368 e. The normalized spacial score (nSPS) is 37.7. The Hall–Kier alpha value is -1.01. The lowest BCUT2D eigenvalue weighted by molar-refractivity contribution is -0.237. The van der Waals surface area contributed by atoms with Crippen molar-refractivity contribution in [1.29, 1.82) is 0 Å². The summed E-state index contributed by atoms with van der Waals surface area (Å²) in [6.07, 6.45) is -1.34. The lowest BCUT2D eigenvalue weighted by Crippen LogP contribution is -2.40. The van der Waals surface area contributed by atoms with Crippen LogP contribution in [0, 0.1) is 5.92 Å². The van der Waals surface area contributed by atoms with Crippen LogP contribution in [0.25, 0.3) is 0 Å². The lowest BCUT2D eigenvalue weighted by Gasteiger charge is -2.28. The van der Waals surface area contributed by atoms with E-state index in [9.17, 15) is 4.39 Å². The zero-order valence-corrected chi connectivity index (χ0v) is 13.2. The standard InChI is InChI=1S/C17H23FO4/c1-11(2)13-14(19-9-12-7-5-4-6-8-12)15-16(20-13)22-17(3,10-18)21-15/h4-8,11,13-16H,9-10H2,1-3H3/t13-,14+,15-,16-,17?/m1/s1. The summed E-state index contributed by atoms with van der Waals surface area (Å²) >= 11 is 0. The van der Waals surface area contributed by atoms with E-state index in [1.165, 1.54) is 0 Å². The van der Waals surface area contributed by atoms with Crippen LogP contribution in [-0.2, 0) is 25.6 Å². The minimum atomic E-state index is -1.23. The average Bonchev–Trinajstić information content (AvgIpc) is 3.00. The summed E-state index contributed by atoms with van der Waals surface area (Å²) in [5.41, 5.74) is 1.08. The number of halogens is 1. The van der Waals surface area contributed by atoms with Crippen LogP contribution in [0.1, 0.15) is 26.3 Å². The largest absolute Gasteiger partial charge is 0.368 e. The summed E-state index contributed by atoms with van der Waals surface area (Å²) in [7, 11) is 0. The number of hydrogen-bond donors (Lipinski definition) is 0. The van der Waals surface area contributed by atoms with E-state index >= 15 is 0 Å². The van der Waals surface area contributed by atoms with Crippen molar-refractivity contribution in [2.75, 3.05) is 6.67 Å². The van der Waals surface area contributed by atoms with Gasteiger partial charge in [-0.05, 0) is 18.4 Å². The van der Waals surface area contributed by atoms with Gasteiger partial charge in [0.1, 0.15) is 18.9 Å². The van der Waals surface area contributed by atoms with Crippen molar-refractivity contribution in [2.45, 2.75) is 57.8 Å². The Labute approximate surface area is 130 Å². The van der Waals surface area contributed by atoms with Gasteiger partial charge in [0.15, 0.2) is 12.1 Å². The van der Waals surface area contributed by atoms with Gasteiger partial charge in [0.2, 0.25) is 0 Å². The van der Waals surface area contributed by atoms with Gasteiger partial charge in [-0.3, -0.25) is 0 Å². The molecule has 0 aliphatic carbocycles. The molecular weight excluding hydrogens is 287 g/mol. The van der Waals surface area contributed by atoms with E-state index < -0.39 is 24.9 Å². The fraction of sp³-hybridized carbons (Fsp3) is 0.647. The molecule has 0 bridgehead atoms. The molecule has 0 aromatic heterocycles. The number of hydrogen-bond acceptors (Lipinski definition) is 4. The van der Waals surface area contributed by atoms with Crippen molar-refractivity contribution >= 4 is 0 Å². The molecule has 0 spiro atoms. The first kappa shape index (κ1) is 15.9. The minimum absolute atomic E-state index is 0.122. The summed E-state index contributed by atoms with van der Waals surface area (Å²) in [5.74, 6) is -0.971. The van der Waals surface area contributed by atoms with Gasteiger partial charge >= 0.3 is 0 Å². The van der Waals surface area contributed by atoms with Crippen LogP contribution in [-0.4, -0.2) is 37.1 Å². The molecule has 4 nitrogen and oxygen atoms in total. The third-order valence-electron chi connectivity index (χ3n) is 4.14. The van der Waals surface area contributed by atoms with Crippen molar-refractivity contribution in [3.05, 3.63) is 35.9 Å². The fourth-order valence-electron chi connectivity index (χ4n) is 2.99. The van der Waals surface area contributed by atoms with E-state index in [4.69, 9.17) is 18.9 Å². The predicted molar refractivity (Wildman–Crippen MR) is 78.9 cm³/mol. The Balaban J connectivity index is 1.71. The zero-order valence-electron chi connectivity index (χ0n) is 13.2. The van der Waals surface area contributed by atoms with E-state index in [0.717, 1.165) is 5.56 Å². The summed E-state index contributed by atoms with van der Waals surface area (Å²) in [5, 5.41) is 0. The molecule has 0 saturated carbocycles. The second-order valence-corrected chi connectivity index (χ2v) is 6.44. The summed E-state index contributed by atoms with van der Waals surface area (Å²) in [4.78, 5) is 0. The van der Waals surface area contributed by atoms with Gasteiger partial charge in [-0.2, -0.15) is 0 Å². The Bertz CT molecular complexity index is 495. The van der Waals surface area contributed by atoms with Gasteiger partial charge < -0.3 is 18.9 Å². The summed E-state index contributed by atoms with van der Waals surface area (Å²) in [6, 6.07) is 9.93. The summed E-state index contributed by atoms with van der Waals surface area (Å²) in [6.45, 7) is 5.49. The number of ether oxygens (including phenoxy) is 4. The number of alkyl halides is 1. The first-order valence-electron chi connectivity index (χ1n) is 7.75. The SMILES string of the molecule is CC(C)[C@H]1O[C@@H]2OC(C)(CF)O[C@@H]2[C@H]1OCc1ccccc1. The van der Waals surface area contributed by atoms with Crippen LogP contribution < -0.4 is 0 Å². The summed E-state index contributed by atoms with van der Waals surface area (Å²) < 4.78 is 36.4. The van der Waals surface area contributed by atoms with Crippen molar-refractivity contribution in [2.24, 2.45) is 5.92 Å². The predicted octanol–water partition coefficient (Wildman–Crippen LogP) is 3.05. The number of benzene rings is 1. The Morgan fingerprint density at radius 2 is 1.95 bits per heavy atom. The molecule has 0 N–H and O–H groups in total. The van der Waals surface area contributed by atoms with E-state index in [0.29, 0.717) is 6.61 Å². The van der Waals surface area contributed by atoms with Gasteiger partial charge in [-0.25, -0.2) is 4.39 Å². The quantitative estimate of drug-likeness (QED) is 0.837. The zero-order chi connectivity index (χ0) is 15.7. The van der Waals surface area contributed by atoms with Gasteiger partial charge in [0.05, 0.1) is 12.7 Å². The molecule has 3 rings (SSSR count). The number of fused-ring (bicyclic) bond motifs is 1. The highest BCUT2D eigenvalue weighted by molar-refractivity contribution is 5.13. The molecule has 22 heavy (non-hydrogen) atoms. The fourth-order valence-corrected chi connectivity index (χ4v) is 2.99. The van der Waals surface area contributed by atoms with Crippen LogP contribution >= 0.6 is 0 Å². The molecule has 2 aliphatic rings. The molecule has 122 valence electrons. The molecule has 5 atom stereocenters. The Morgan fingerprint density at radius 1 is 1.23 bits per heavy atom. The maximum absolute atomic E-state index is 13.1. The van der Waals surface area contributed by atoms with Gasteiger partial charge in [0.25, 0.3) is 0 Å². The molecule has 1 unspecified atom stereocenters. The van der Waals surface area contributed by atoms with Crippen molar-refractivity contribution < 1.29 is 23.3 Å². The molecule has 1 aromatic rings. The molecular formula is C17H23FO4. The second-order valence-electron chi connectivity index (χ2n) is 6.44. The highest BCUT2D eigenvalue weighted by Crippen LogP contribution is 2.41. The van der Waals surface area contributed by atoms with E-state index in [-0.39, 0.29) is 18.1 Å². The van der Waals surface area contributed by atoms with Gasteiger partial charge in [0, 0.05) is 0 Å². The lowest BCUT2D eigenvalue weighted by atomic mass is 10.00. The average molecular weight is 310 g/mol. The van der Waals surface area contributed by atoms with Crippen LogP contribution in [0.2, 0.25) is 0 Å². The topological polar surface area (TPSA) is 36.9 Å². The highest BCUT2D eigenvalue weighted by atomic mass is 19.1. The van der Waals surface area contributed by atoms with Crippen molar-refractivity contribution in [1.82, 2.24) is 0 Å². The first-order chi connectivity index (χ1) is 10.5. The highest BCUT2D eigenvalue weighted by Gasteiger charge is 2.57. The van der Waals surface area contributed by atoms with Crippen LogP contribution in [0.15, 0.2) is 30.3 Å². The maximum atomic E-state index is 13.1. The van der Waals surface area contributed by atoms with Crippen LogP contribution in [0.4, 0.5) is 4.39 Å². The Kier molecular flexibility index (Phi) is 4.50.